The van der Waals surface area contributed by atoms with E-state index in [1.807, 2.05) is 33.3 Å². The molecule has 0 spiro atoms. The van der Waals surface area contributed by atoms with Crippen molar-refractivity contribution in [1.29, 1.82) is 0 Å². The van der Waals surface area contributed by atoms with E-state index < -0.39 is 15.9 Å². The Labute approximate surface area is 195 Å². The van der Waals surface area contributed by atoms with E-state index in [0.717, 1.165) is 37.6 Å². The Morgan fingerprint density at radius 1 is 0.935 bits per heavy atom. The van der Waals surface area contributed by atoms with Crippen LogP contribution in [0.1, 0.15) is 10.4 Å². The van der Waals surface area contributed by atoms with Gasteiger partial charge < -0.3 is 4.90 Å². The molecule has 0 aliphatic carbocycles. The zero-order chi connectivity index (χ0) is 22.8. The molecule has 31 heavy (non-hydrogen) atoms. The van der Waals surface area contributed by atoms with E-state index >= 15 is 0 Å². The van der Waals surface area contributed by atoms with E-state index in [4.69, 9.17) is 0 Å². The number of carbonyl (C=O) groups is 1. The van der Waals surface area contributed by atoms with Gasteiger partial charge in [-0.25, -0.2) is 13.1 Å². The number of carbonyl (C=O) groups excluding carboxylic acids is 1. The Morgan fingerprint density at radius 2 is 1.48 bits per heavy atom. The SMILES string of the molecule is C[N+](C)(C)c1ccc(C(=O)NS(=O)(=O)c2ccc(N3CCN(C(S)S)CC3)cc2)cc1. The van der Waals surface area contributed by atoms with Crippen LogP contribution in [0.25, 0.3) is 0 Å². The smallest absolute Gasteiger partial charge is 0.265 e. The molecule has 0 radical (unpaired) electrons. The van der Waals surface area contributed by atoms with Gasteiger partial charge in [0.15, 0.2) is 0 Å². The Morgan fingerprint density at radius 3 is 1.97 bits per heavy atom. The van der Waals surface area contributed by atoms with Gasteiger partial charge in [0, 0.05) is 37.4 Å². The fourth-order valence-electron chi connectivity index (χ4n) is 3.35. The zero-order valence-corrected chi connectivity index (χ0v) is 20.5. The van der Waals surface area contributed by atoms with Crippen molar-refractivity contribution in [1.82, 2.24) is 14.1 Å². The minimum Gasteiger partial charge on any atom is -0.369 e. The van der Waals surface area contributed by atoms with Crippen molar-refractivity contribution in [2.45, 2.75) is 9.60 Å². The van der Waals surface area contributed by atoms with Crippen LogP contribution in [0.15, 0.2) is 53.4 Å². The molecule has 1 amide bonds. The van der Waals surface area contributed by atoms with Crippen LogP contribution in [0.3, 0.4) is 0 Å². The number of amides is 1. The lowest BCUT2D eigenvalue weighted by atomic mass is 10.2. The van der Waals surface area contributed by atoms with E-state index in [9.17, 15) is 13.2 Å². The number of thiol groups is 2. The van der Waals surface area contributed by atoms with Crippen molar-refractivity contribution >= 4 is 52.6 Å². The first kappa shape index (κ1) is 23.9. The lowest BCUT2D eigenvalue weighted by molar-refractivity contribution is 0.0981. The number of rotatable bonds is 6. The van der Waals surface area contributed by atoms with Crippen molar-refractivity contribution in [3.8, 4) is 0 Å². The zero-order valence-electron chi connectivity index (χ0n) is 17.9. The summed E-state index contributed by atoms with van der Waals surface area (Å²) in [7, 11) is 2.08. The van der Waals surface area contributed by atoms with Crippen LogP contribution in [0, 0.1) is 0 Å². The molecule has 1 saturated heterocycles. The van der Waals surface area contributed by atoms with E-state index in [0.29, 0.717) is 10.0 Å². The molecular weight excluding hydrogens is 452 g/mol. The highest BCUT2D eigenvalue weighted by Gasteiger charge is 2.22. The second kappa shape index (κ2) is 9.41. The van der Waals surface area contributed by atoms with Gasteiger partial charge in [0.05, 0.1) is 30.7 Å². The van der Waals surface area contributed by atoms with Crippen LogP contribution >= 0.6 is 25.3 Å². The standard InChI is InChI=1S/C21H28N4O3S3/c1-25(2,3)18-8-4-16(5-9-18)20(26)22-31(27,28)19-10-6-17(7-11-19)23-12-14-24(15-13-23)21(29)30/h4-11,21H,12-15H2,1-3H3,(H2-,22,26,29,30)/p+1. The van der Waals surface area contributed by atoms with Gasteiger partial charge >= 0.3 is 0 Å². The summed E-state index contributed by atoms with van der Waals surface area (Å²) in [6.07, 6.45) is 0. The molecule has 1 heterocycles. The second-order valence-electron chi connectivity index (χ2n) is 8.36. The van der Waals surface area contributed by atoms with Gasteiger partial charge in [-0.3, -0.25) is 14.2 Å². The van der Waals surface area contributed by atoms with Crippen LogP contribution in [-0.2, 0) is 10.0 Å². The lowest BCUT2D eigenvalue weighted by Gasteiger charge is -2.37. The maximum atomic E-state index is 12.7. The third kappa shape index (κ3) is 5.95. The predicted octanol–water partition coefficient (Wildman–Crippen LogP) is 2.27. The molecule has 1 N–H and O–H groups in total. The average Bonchev–Trinajstić information content (AvgIpc) is 2.73. The lowest BCUT2D eigenvalue weighted by Crippen LogP contribution is -2.47. The van der Waals surface area contributed by atoms with Crippen molar-refractivity contribution in [2.24, 2.45) is 0 Å². The van der Waals surface area contributed by atoms with Gasteiger partial charge in [0.25, 0.3) is 15.9 Å². The van der Waals surface area contributed by atoms with Gasteiger partial charge in [0.2, 0.25) is 0 Å². The average molecular weight is 482 g/mol. The topological polar surface area (TPSA) is 69.7 Å². The summed E-state index contributed by atoms with van der Waals surface area (Å²) in [4.78, 5) is 16.9. The fourth-order valence-corrected chi connectivity index (χ4v) is 4.78. The Balaban J connectivity index is 1.66. The number of quaternary nitrogens is 1. The van der Waals surface area contributed by atoms with Crippen LogP contribution in [0.4, 0.5) is 11.4 Å². The molecule has 2 aromatic rings. The number of nitrogens with one attached hydrogen (secondary N) is 1. The monoisotopic (exact) mass is 481 g/mol. The molecule has 3 rings (SSSR count). The molecular formula is C21H29N4O3S3+. The number of hydrogen-bond donors (Lipinski definition) is 3. The Bertz CT molecular complexity index is 1010. The summed E-state index contributed by atoms with van der Waals surface area (Å²) in [5, 5.41) is 0. The minimum absolute atomic E-state index is 0.0528. The molecule has 0 aromatic heterocycles. The summed E-state index contributed by atoms with van der Waals surface area (Å²) in [6, 6.07) is 13.5. The first-order valence-corrected chi connectivity index (χ1v) is 12.4. The van der Waals surface area contributed by atoms with E-state index in [1.54, 1.807) is 24.3 Å². The number of anilines is 1. The van der Waals surface area contributed by atoms with Crippen LogP contribution in [0.5, 0.6) is 0 Å². The number of sulfonamides is 1. The van der Waals surface area contributed by atoms with Gasteiger partial charge in [0.1, 0.15) is 5.69 Å². The maximum absolute atomic E-state index is 12.7. The molecule has 0 saturated carbocycles. The Hall–Kier alpha value is -1.72. The molecule has 7 nitrogen and oxygen atoms in total. The molecule has 1 aliphatic heterocycles. The highest BCUT2D eigenvalue weighted by Crippen LogP contribution is 2.22. The molecule has 168 valence electrons. The minimum atomic E-state index is -3.96. The summed E-state index contributed by atoms with van der Waals surface area (Å²) in [6.45, 7) is 3.29. The van der Waals surface area contributed by atoms with Gasteiger partial charge in [-0.05, 0) is 48.5 Å². The third-order valence-electron chi connectivity index (χ3n) is 5.28. The third-order valence-corrected chi connectivity index (χ3v) is 7.28. The normalized spacial score (nSPS) is 15.9. The van der Waals surface area contributed by atoms with Crippen molar-refractivity contribution in [2.75, 3.05) is 52.2 Å². The number of piperazine rings is 1. The molecule has 0 atom stereocenters. The largest absolute Gasteiger partial charge is 0.369 e. The summed E-state index contributed by atoms with van der Waals surface area (Å²) >= 11 is 8.69. The number of benzene rings is 2. The van der Waals surface area contributed by atoms with E-state index in [2.05, 4.69) is 39.8 Å². The van der Waals surface area contributed by atoms with Crippen LogP contribution < -0.4 is 14.1 Å². The van der Waals surface area contributed by atoms with Gasteiger partial charge in [-0.15, -0.1) is 25.3 Å². The Kier molecular flexibility index (Phi) is 7.27. The number of hydrogen-bond acceptors (Lipinski definition) is 7. The first-order chi connectivity index (χ1) is 14.5. The maximum Gasteiger partial charge on any atom is 0.265 e. The van der Waals surface area contributed by atoms with Crippen LogP contribution in [0.2, 0.25) is 0 Å². The summed E-state index contributed by atoms with van der Waals surface area (Å²) in [5.41, 5.74) is 2.24. The molecule has 1 aliphatic rings. The van der Waals surface area contributed by atoms with E-state index in [1.165, 1.54) is 12.1 Å². The second-order valence-corrected chi connectivity index (χ2v) is 11.4. The highest BCUT2D eigenvalue weighted by molar-refractivity contribution is 7.99. The van der Waals surface area contributed by atoms with Crippen molar-refractivity contribution in [3.63, 3.8) is 0 Å². The summed E-state index contributed by atoms with van der Waals surface area (Å²) < 4.78 is 28.0. The molecule has 10 heteroatoms. The molecule has 1 fully saturated rings. The first-order valence-electron chi connectivity index (χ1n) is 9.92. The molecule has 2 aromatic carbocycles. The van der Waals surface area contributed by atoms with Crippen molar-refractivity contribution < 1.29 is 13.2 Å². The molecule has 0 bridgehead atoms. The highest BCUT2D eigenvalue weighted by atomic mass is 32.2. The van der Waals surface area contributed by atoms with Crippen LogP contribution in [-0.4, -0.2) is 71.3 Å². The van der Waals surface area contributed by atoms with E-state index in [-0.39, 0.29) is 9.60 Å². The van der Waals surface area contributed by atoms with Gasteiger partial charge in [-0.2, -0.15) is 0 Å². The summed E-state index contributed by atoms with van der Waals surface area (Å²) in [5.74, 6) is -0.652. The van der Waals surface area contributed by atoms with Crippen molar-refractivity contribution in [3.05, 3.63) is 54.1 Å². The predicted molar refractivity (Wildman–Crippen MR) is 133 cm³/mol. The quantitative estimate of drug-likeness (QED) is 0.336. The number of nitrogens with zero attached hydrogens (tertiary/aromatic N) is 3. The molecule has 0 unspecified atom stereocenters. The van der Waals surface area contributed by atoms with Gasteiger partial charge in [-0.1, -0.05) is 0 Å². The fraction of sp³-hybridized carbons (Fsp3) is 0.381.